The fourth-order valence-electron chi connectivity index (χ4n) is 2.77. The third-order valence-electron chi connectivity index (χ3n) is 4.05. The second kappa shape index (κ2) is 8.47. The van der Waals surface area contributed by atoms with Crippen molar-refractivity contribution in [3.63, 3.8) is 0 Å². The lowest BCUT2D eigenvalue weighted by molar-refractivity contribution is -0.123. The molecule has 0 spiro atoms. The standard InChI is InChI=1S/C20H26N2O/c1-15(2)19(18-10-8-16(3)9-11-18)20(23)22-13-5-7-17-6-4-12-21-14-17/h4,6,8-12,14-15,19H,5,7,13H2,1-3H3,(H,22,23). The van der Waals surface area contributed by atoms with Gasteiger partial charge in [-0.05, 0) is 42.9 Å². The monoisotopic (exact) mass is 310 g/mol. The Balaban J connectivity index is 1.87. The molecule has 0 saturated carbocycles. The molecule has 0 aliphatic carbocycles. The maximum Gasteiger partial charge on any atom is 0.227 e. The molecule has 0 bridgehead atoms. The van der Waals surface area contributed by atoms with E-state index in [1.807, 2.05) is 12.3 Å². The van der Waals surface area contributed by atoms with Crippen molar-refractivity contribution in [2.45, 2.75) is 39.5 Å². The predicted molar refractivity (Wildman–Crippen MR) is 94.3 cm³/mol. The van der Waals surface area contributed by atoms with Crippen LogP contribution in [0.2, 0.25) is 0 Å². The second-order valence-electron chi connectivity index (χ2n) is 6.39. The Kier molecular flexibility index (Phi) is 6.33. The topological polar surface area (TPSA) is 42.0 Å². The van der Waals surface area contributed by atoms with Gasteiger partial charge in [-0.3, -0.25) is 9.78 Å². The van der Waals surface area contributed by atoms with E-state index in [2.05, 4.69) is 61.4 Å². The summed E-state index contributed by atoms with van der Waals surface area (Å²) in [5.41, 5.74) is 3.52. The minimum Gasteiger partial charge on any atom is -0.356 e. The Morgan fingerprint density at radius 1 is 1.17 bits per heavy atom. The molecule has 1 unspecified atom stereocenters. The molecule has 122 valence electrons. The molecule has 1 aromatic heterocycles. The number of nitrogens with zero attached hydrogens (tertiary/aromatic N) is 1. The van der Waals surface area contributed by atoms with E-state index in [0.717, 1.165) is 18.4 Å². The Morgan fingerprint density at radius 3 is 2.52 bits per heavy atom. The summed E-state index contributed by atoms with van der Waals surface area (Å²) in [6.07, 6.45) is 5.52. The number of nitrogens with one attached hydrogen (secondary N) is 1. The fraction of sp³-hybridized carbons (Fsp3) is 0.400. The van der Waals surface area contributed by atoms with E-state index in [-0.39, 0.29) is 17.7 Å². The van der Waals surface area contributed by atoms with Crippen molar-refractivity contribution < 1.29 is 4.79 Å². The number of amides is 1. The van der Waals surface area contributed by atoms with Gasteiger partial charge in [-0.25, -0.2) is 0 Å². The largest absolute Gasteiger partial charge is 0.356 e. The highest BCUT2D eigenvalue weighted by molar-refractivity contribution is 5.83. The van der Waals surface area contributed by atoms with Gasteiger partial charge in [0.05, 0.1) is 5.92 Å². The summed E-state index contributed by atoms with van der Waals surface area (Å²) in [5, 5.41) is 3.09. The van der Waals surface area contributed by atoms with Gasteiger partial charge in [-0.2, -0.15) is 0 Å². The predicted octanol–water partition coefficient (Wildman–Crippen LogP) is 3.88. The number of hydrogen-bond donors (Lipinski definition) is 1. The van der Waals surface area contributed by atoms with E-state index in [1.54, 1.807) is 6.20 Å². The Bertz CT molecular complexity index is 605. The van der Waals surface area contributed by atoms with Crippen LogP contribution in [0.25, 0.3) is 0 Å². The van der Waals surface area contributed by atoms with Crippen molar-refractivity contribution in [3.8, 4) is 0 Å². The first-order valence-electron chi connectivity index (χ1n) is 8.31. The quantitative estimate of drug-likeness (QED) is 0.789. The molecule has 0 aliphatic heterocycles. The molecule has 1 aromatic carbocycles. The van der Waals surface area contributed by atoms with Gasteiger partial charge < -0.3 is 5.32 Å². The van der Waals surface area contributed by atoms with Crippen LogP contribution in [-0.4, -0.2) is 17.4 Å². The average Bonchev–Trinajstić information content (AvgIpc) is 2.54. The van der Waals surface area contributed by atoms with E-state index >= 15 is 0 Å². The molecule has 1 atom stereocenters. The van der Waals surface area contributed by atoms with Gasteiger partial charge in [0, 0.05) is 18.9 Å². The maximum atomic E-state index is 12.6. The summed E-state index contributed by atoms with van der Waals surface area (Å²) >= 11 is 0. The number of aromatic nitrogens is 1. The molecule has 3 heteroatoms. The highest BCUT2D eigenvalue weighted by atomic mass is 16.1. The summed E-state index contributed by atoms with van der Waals surface area (Å²) < 4.78 is 0. The minimum absolute atomic E-state index is 0.0889. The van der Waals surface area contributed by atoms with Gasteiger partial charge in [0.15, 0.2) is 0 Å². The van der Waals surface area contributed by atoms with Gasteiger partial charge >= 0.3 is 0 Å². The molecule has 1 N–H and O–H groups in total. The number of rotatable bonds is 7. The van der Waals surface area contributed by atoms with Crippen LogP contribution in [0.15, 0.2) is 48.8 Å². The highest BCUT2D eigenvalue weighted by Crippen LogP contribution is 2.25. The lowest BCUT2D eigenvalue weighted by Gasteiger charge is -2.21. The van der Waals surface area contributed by atoms with Gasteiger partial charge in [-0.15, -0.1) is 0 Å². The molecule has 0 fully saturated rings. The third-order valence-corrected chi connectivity index (χ3v) is 4.05. The van der Waals surface area contributed by atoms with Gasteiger partial charge in [0.25, 0.3) is 0 Å². The minimum atomic E-state index is -0.0889. The molecule has 1 amide bonds. The Morgan fingerprint density at radius 2 is 1.91 bits per heavy atom. The number of pyridine rings is 1. The average molecular weight is 310 g/mol. The molecule has 2 aromatic rings. The summed E-state index contributed by atoms with van der Waals surface area (Å²) in [6, 6.07) is 12.3. The first-order chi connectivity index (χ1) is 11.1. The SMILES string of the molecule is Cc1ccc(C(C(=O)NCCCc2cccnc2)C(C)C)cc1. The zero-order chi connectivity index (χ0) is 16.7. The maximum absolute atomic E-state index is 12.6. The summed E-state index contributed by atoms with van der Waals surface area (Å²) in [7, 11) is 0. The molecule has 0 aliphatic rings. The molecule has 3 nitrogen and oxygen atoms in total. The molecule has 23 heavy (non-hydrogen) atoms. The van der Waals surface area contributed by atoms with E-state index in [9.17, 15) is 4.79 Å². The highest BCUT2D eigenvalue weighted by Gasteiger charge is 2.23. The van der Waals surface area contributed by atoms with Gasteiger partial charge in [0.1, 0.15) is 0 Å². The van der Waals surface area contributed by atoms with Crippen LogP contribution < -0.4 is 5.32 Å². The molecule has 0 radical (unpaired) electrons. The van der Waals surface area contributed by atoms with Crippen molar-refractivity contribution in [2.24, 2.45) is 5.92 Å². The van der Waals surface area contributed by atoms with E-state index in [0.29, 0.717) is 6.54 Å². The Hall–Kier alpha value is -2.16. The van der Waals surface area contributed by atoms with Crippen molar-refractivity contribution >= 4 is 5.91 Å². The lowest BCUT2D eigenvalue weighted by atomic mass is 9.87. The van der Waals surface area contributed by atoms with Crippen LogP contribution in [0.5, 0.6) is 0 Å². The van der Waals surface area contributed by atoms with Crippen molar-refractivity contribution in [1.82, 2.24) is 10.3 Å². The number of benzene rings is 1. The van der Waals surface area contributed by atoms with Crippen LogP contribution in [0.3, 0.4) is 0 Å². The zero-order valence-corrected chi connectivity index (χ0v) is 14.3. The summed E-state index contributed by atoms with van der Waals surface area (Å²) in [5.74, 6) is 0.306. The van der Waals surface area contributed by atoms with E-state index in [1.165, 1.54) is 11.1 Å². The normalized spacial score (nSPS) is 12.2. The smallest absolute Gasteiger partial charge is 0.227 e. The summed E-state index contributed by atoms with van der Waals surface area (Å²) in [4.78, 5) is 16.7. The van der Waals surface area contributed by atoms with E-state index < -0.39 is 0 Å². The molecule has 1 heterocycles. The third kappa shape index (κ3) is 5.20. The second-order valence-corrected chi connectivity index (χ2v) is 6.39. The molecule has 2 rings (SSSR count). The van der Waals surface area contributed by atoms with Gasteiger partial charge in [-0.1, -0.05) is 49.7 Å². The van der Waals surface area contributed by atoms with E-state index in [4.69, 9.17) is 0 Å². The number of hydrogen-bond acceptors (Lipinski definition) is 2. The Labute approximate surface area is 139 Å². The van der Waals surface area contributed by atoms with Crippen LogP contribution in [0.1, 0.15) is 42.9 Å². The number of carbonyl (C=O) groups is 1. The first-order valence-corrected chi connectivity index (χ1v) is 8.31. The molecule has 0 saturated heterocycles. The lowest BCUT2D eigenvalue weighted by Crippen LogP contribution is -2.32. The first kappa shape index (κ1) is 17.2. The summed E-state index contributed by atoms with van der Waals surface area (Å²) in [6.45, 7) is 6.95. The molecular weight excluding hydrogens is 284 g/mol. The zero-order valence-electron chi connectivity index (χ0n) is 14.3. The van der Waals surface area contributed by atoms with Crippen LogP contribution in [0, 0.1) is 12.8 Å². The van der Waals surface area contributed by atoms with Crippen molar-refractivity contribution in [2.75, 3.05) is 6.54 Å². The fourth-order valence-corrected chi connectivity index (χ4v) is 2.77. The van der Waals surface area contributed by atoms with Gasteiger partial charge in [0.2, 0.25) is 5.91 Å². The number of aryl methyl sites for hydroxylation is 2. The van der Waals surface area contributed by atoms with Crippen LogP contribution >= 0.6 is 0 Å². The number of carbonyl (C=O) groups excluding carboxylic acids is 1. The molecular formula is C20H26N2O. The van der Waals surface area contributed by atoms with Crippen LogP contribution in [-0.2, 0) is 11.2 Å². The van der Waals surface area contributed by atoms with Crippen molar-refractivity contribution in [1.29, 1.82) is 0 Å². The van der Waals surface area contributed by atoms with Crippen LogP contribution in [0.4, 0.5) is 0 Å². The van der Waals surface area contributed by atoms with Crippen molar-refractivity contribution in [3.05, 3.63) is 65.5 Å².